The molecule has 1 aromatic rings. The zero-order valence-corrected chi connectivity index (χ0v) is 9.29. The van der Waals surface area contributed by atoms with Gasteiger partial charge >= 0.3 is 0 Å². The first-order valence-corrected chi connectivity index (χ1v) is 5.20. The molecule has 1 atom stereocenters. The fourth-order valence-corrected chi connectivity index (χ4v) is 2.03. The molecular weight excluding hydrogens is 237 g/mol. The molecule has 1 aliphatic rings. The monoisotopic (exact) mass is 245 g/mol. The van der Waals surface area contributed by atoms with Crippen LogP contribution in [0.3, 0.4) is 0 Å². The summed E-state index contributed by atoms with van der Waals surface area (Å²) in [5.41, 5.74) is 6.25. The molecule has 0 radical (unpaired) electrons. The number of nitrogens with zero attached hydrogens (tertiary/aromatic N) is 2. The number of hydrogen-bond acceptors (Lipinski definition) is 3. The van der Waals surface area contributed by atoms with Crippen molar-refractivity contribution in [3.8, 4) is 0 Å². The molecule has 1 fully saturated rings. The van der Waals surface area contributed by atoms with Gasteiger partial charge in [-0.3, -0.25) is 4.79 Å². The smallest absolute Gasteiger partial charge is 0.228 e. The molecule has 1 unspecified atom stereocenters. The Hall–Kier alpha value is -0.840. The summed E-state index contributed by atoms with van der Waals surface area (Å²) in [5.74, 6) is -0.0338. The maximum Gasteiger partial charge on any atom is 0.228 e. The SMILES string of the molecule is NC1CC(=O)N(c2cnc(Cl)cc2Cl)C1. The average molecular weight is 246 g/mol. The van der Waals surface area contributed by atoms with Crippen molar-refractivity contribution in [2.75, 3.05) is 11.4 Å². The Morgan fingerprint density at radius 3 is 2.80 bits per heavy atom. The van der Waals surface area contributed by atoms with Gasteiger partial charge in [-0.15, -0.1) is 0 Å². The zero-order chi connectivity index (χ0) is 11.0. The summed E-state index contributed by atoms with van der Waals surface area (Å²) in [5, 5.41) is 0.720. The van der Waals surface area contributed by atoms with E-state index in [1.165, 1.54) is 17.2 Å². The summed E-state index contributed by atoms with van der Waals surface area (Å²) in [6.07, 6.45) is 1.83. The van der Waals surface area contributed by atoms with Crippen LogP contribution in [0.2, 0.25) is 10.2 Å². The molecule has 0 spiro atoms. The third kappa shape index (κ3) is 2.07. The van der Waals surface area contributed by atoms with Crippen LogP contribution in [0.5, 0.6) is 0 Å². The van der Waals surface area contributed by atoms with Crippen molar-refractivity contribution in [2.24, 2.45) is 5.73 Å². The minimum atomic E-state index is -0.135. The Morgan fingerprint density at radius 2 is 2.27 bits per heavy atom. The molecule has 15 heavy (non-hydrogen) atoms. The van der Waals surface area contributed by atoms with Crippen LogP contribution in [-0.4, -0.2) is 23.5 Å². The summed E-state index contributed by atoms with van der Waals surface area (Å²) in [7, 11) is 0. The molecule has 1 saturated heterocycles. The topological polar surface area (TPSA) is 59.2 Å². The highest BCUT2D eigenvalue weighted by Crippen LogP contribution is 2.29. The molecule has 4 nitrogen and oxygen atoms in total. The van der Waals surface area contributed by atoms with Gasteiger partial charge in [0.25, 0.3) is 0 Å². The average Bonchev–Trinajstić information content (AvgIpc) is 2.45. The molecule has 2 heterocycles. The highest BCUT2D eigenvalue weighted by Gasteiger charge is 2.29. The fourth-order valence-electron chi connectivity index (χ4n) is 1.57. The molecule has 2 rings (SSSR count). The summed E-state index contributed by atoms with van der Waals surface area (Å²) >= 11 is 11.6. The van der Waals surface area contributed by atoms with Gasteiger partial charge in [0.15, 0.2) is 0 Å². The van der Waals surface area contributed by atoms with Crippen molar-refractivity contribution in [3.63, 3.8) is 0 Å². The summed E-state index contributed by atoms with van der Waals surface area (Å²) in [4.78, 5) is 17.0. The predicted molar refractivity (Wildman–Crippen MR) is 59.2 cm³/mol. The van der Waals surface area contributed by atoms with Crippen LogP contribution >= 0.6 is 23.2 Å². The number of carbonyl (C=O) groups is 1. The fraction of sp³-hybridized carbons (Fsp3) is 0.333. The van der Waals surface area contributed by atoms with E-state index in [1.807, 2.05) is 0 Å². The van der Waals surface area contributed by atoms with Gasteiger partial charge in [-0.05, 0) is 6.07 Å². The highest BCUT2D eigenvalue weighted by molar-refractivity contribution is 6.36. The van der Waals surface area contributed by atoms with E-state index in [4.69, 9.17) is 28.9 Å². The first-order chi connectivity index (χ1) is 7.08. The number of amides is 1. The Morgan fingerprint density at radius 1 is 1.53 bits per heavy atom. The number of halogens is 2. The summed E-state index contributed by atoms with van der Waals surface area (Å²) < 4.78 is 0. The largest absolute Gasteiger partial charge is 0.326 e. The van der Waals surface area contributed by atoms with E-state index < -0.39 is 0 Å². The van der Waals surface area contributed by atoms with E-state index >= 15 is 0 Å². The zero-order valence-electron chi connectivity index (χ0n) is 7.78. The van der Waals surface area contributed by atoms with Crippen LogP contribution in [0.25, 0.3) is 0 Å². The Balaban J connectivity index is 2.34. The molecule has 0 aromatic carbocycles. The van der Waals surface area contributed by atoms with Crippen molar-refractivity contribution in [1.82, 2.24) is 4.98 Å². The Kier molecular flexibility index (Phi) is 2.82. The highest BCUT2D eigenvalue weighted by atomic mass is 35.5. The van der Waals surface area contributed by atoms with Crippen LogP contribution in [0.15, 0.2) is 12.3 Å². The Labute approximate surface area is 97.0 Å². The van der Waals surface area contributed by atoms with E-state index in [0.29, 0.717) is 28.8 Å². The first-order valence-electron chi connectivity index (χ1n) is 4.45. The molecule has 0 aliphatic carbocycles. The Bertz CT molecular complexity index is 410. The predicted octanol–water partition coefficient (Wildman–Crippen LogP) is 1.45. The normalized spacial score (nSPS) is 21.1. The van der Waals surface area contributed by atoms with E-state index in [1.54, 1.807) is 0 Å². The minimum absolute atomic E-state index is 0.0338. The minimum Gasteiger partial charge on any atom is -0.326 e. The molecule has 1 aromatic heterocycles. The maximum absolute atomic E-state index is 11.5. The van der Waals surface area contributed by atoms with E-state index in [-0.39, 0.29) is 11.9 Å². The quantitative estimate of drug-likeness (QED) is 0.763. The van der Waals surface area contributed by atoms with E-state index in [2.05, 4.69) is 4.98 Å². The molecule has 1 amide bonds. The van der Waals surface area contributed by atoms with Gasteiger partial charge in [-0.2, -0.15) is 0 Å². The standard InChI is InChI=1S/C9H9Cl2N3O/c10-6-2-8(11)13-3-7(6)14-4-5(12)1-9(14)15/h2-3,5H,1,4,12H2. The van der Waals surface area contributed by atoms with E-state index in [9.17, 15) is 4.79 Å². The molecule has 1 aliphatic heterocycles. The number of pyridine rings is 1. The van der Waals surface area contributed by atoms with Gasteiger partial charge in [0.1, 0.15) is 5.15 Å². The number of rotatable bonds is 1. The number of aromatic nitrogens is 1. The van der Waals surface area contributed by atoms with Gasteiger partial charge in [-0.25, -0.2) is 4.98 Å². The van der Waals surface area contributed by atoms with Crippen molar-refractivity contribution in [3.05, 3.63) is 22.4 Å². The molecule has 2 N–H and O–H groups in total. The second-order valence-electron chi connectivity index (χ2n) is 3.43. The summed E-state index contributed by atoms with van der Waals surface area (Å²) in [6, 6.07) is 1.37. The lowest BCUT2D eigenvalue weighted by Crippen LogP contribution is -2.28. The lowest BCUT2D eigenvalue weighted by atomic mass is 10.3. The first kappa shape index (κ1) is 10.7. The van der Waals surface area contributed by atoms with Gasteiger partial charge in [0.2, 0.25) is 5.91 Å². The second kappa shape index (κ2) is 3.96. The van der Waals surface area contributed by atoms with Gasteiger partial charge < -0.3 is 10.6 Å². The van der Waals surface area contributed by atoms with Crippen molar-refractivity contribution in [1.29, 1.82) is 0 Å². The molecular formula is C9H9Cl2N3O. The van der Waals surface area contributed by atoms with Crippen LogP contribution in [0.4, 0.5) is 5.69 Å². The van der Waals surface area contributed by atoms with Crippen molar-refractivity contribution >= 4 is 34.8 Å². The lowest BCUT2D eigenvalue weighted by molar-refractivity contribution is -0.117. The van der Waals surface area contributed by atoms with Crippen molar-refractivity contribution < 1.29 is 4.79 Å². The van der Waals surface area contributed by atoms with Crippen LogP contribution in [0.1, 0.15) is 6.42 Å². The van der Waals surface area contributed by atoms with E-state index in [0.717, 1.165) is 0 Å². The van der Waals surface area contributed by atoms with Crippen LogP contribution in [0, 0.1) is 0 Å². The third-order valence-electron chi connectivity index (χ3n) is 2.25. The second-order valence-corrected chi connectivity index (χ2v) is 4.22. The van der Waals surface area contributed by atoms with Gasteiger partial charge in [0, 0.05) is 19.0 Å². The van der Waals surface area contributed by atoms with Crippen LogP contribution in [-0.2, 0) is 4.79 Å². The van der Waals surface area contributed by atoms with Gasteiger partial charge in [0.05, 0.1) is 16.9 Å². The number of hydrogen-bond donors (Lipinski definition) is 1. The number of nitrogens with two attached hydrogens (primary N) is 1. The molecule has 80 valence electrons. The third-order valence-corrected chi connectivity index (χ3v) is 2.76. The number of anilines is 1. The summed E-state index contributed by atoms with van der Waals surface area (Å²) in [6.45, 7) is 0.474. The molecule has 6 heteroatoms. The maximum atomic E-state index is 11.5. The number of carbonyl (C=O) groups excluding carboxylic acids is 1. The molecule has 0 bridgehead atoms. The van der Waals surface area contributed by atoms with Gasteiger partial charge in [-0.1, -0.05) is 23.2 Å². The van der Waals surface area contributed by atoms with Crippen LogP contribution < -0.4 is 10.6 Å². The lowest BCUT2D eigenvalue weighted by Gasteiger charge is -2.16. The molecule has 0 saturated carbocycles. The van der Waals surface area contributed by atoms with Crippen molar-refractivity contribution in [2.45, 2.75) is 12.5 Å².